The Balaban J connectivity index is 2.75. The van der Waals surface area contributed by atoms with Crippen molar-refractivity contribution < 1.29 is 0 Å². The number of thiol groups is 1. The van der Waals surface area contributed by atoms with E-state index in [-0.39, 0.29) is 0 Å². The second-order valence-electron chi connectivity index (χ2n) is 1.93. The Morgan fingerprint density at radius 1 is 1.50 bits per heavy atom. The Kier molecular flexibility index (Phi) is 3.16. The molecule has 0 aliphatic carbocycles. The molecule has 0 atom stereocenters. The van der Waals surface area contributed by atoms with E-state index in [2.05, 4.69) is 31.7 Å². The third-order valence-corrected chi connectivity index (χ3v) is 2.28. The molecule has 0 nitrogen and oxygen atoms in total. The highest BCUT2D eigenvalue weighted by Crippen LogP contribution is 2.19. The van der Waals surface area contributed by atoms with Crippen molar-refractivity contribution in [3.63, 3.8) is 0 Å². The minimum absolute atomic E-state index is 1.04. The number of benzene rings is 1. The summed E-state index contributed by atoms with van der Waals surface area (Å²) >= 11 is 6.07. The van der Waals surface area contributed by atoms with Crippen molar-refractivity contribution in [2.24, 2.45) is 0 Å². The van der Waals surface area contributed by atoms with E-state index in [9.17, 15) is 0 Å². The summed E-state index contributed by atoms with van der Waals surface area (Å²) in [6, 6.07) is 8.20. The van der Waals surface area contributed by atoms with Crippen LogP contribution in [0.5, 0.6) is 0 Å². The molecule has 0 aromatic heterocycles. The predicted molar refractivity (Wildman–Crippen MR) is 50.1 cm³/mol. The summed E-state index contributed by atoms with van der Waals surface area (Å²) < 4.78 is 0. The lowest BCUT2D eigenvalue weighted by Crippen LogP contribution is -1.71. The smallest absolute Gasteiger partial charge is 0.00828 e. The average molecular weight is 170 g/mol. The minimum Gasteiger partial charge on any atom is -0.143 e. The molecule has 2 heteroatoms. The van der Waals surface area contributed by atoms with E-state index < -0.39 is 0 Å². The first-order chi connectivity index (χ1) is 4.83. The zero-order chi connectivity index (χ0) is 7.40. The summed E-state index contributed by atoms with van der Waals surface area (Å²) in [4.78, 5) is 2.34. The summed E-state index contributed by atoms with van der Waals surface area (Å²) in [5.74, 6) is 1.12. The van der Waals surface area contributed by atoms with E-state index in [0.717, 1.165) is 10.6 Å². The van der Waals surface area contributed by atoms with Gasteiger partial charge in [0.1, 0.15) is 0 Å². The van der Waals surface area contributed by atoms with E-state index in [1.54, 1.807) is 0 Å². The maximum Gasteiger partial charge on any atom is 0.00828 e. The van der Waals surface area contributed by atoms with E-state index in [1.807, 2.05) is 23.9 Å². The third-order valence-electron chi connectivity index (χ3n) is 1.13. The number of hydrogen-bond donors (Lipinski definition) is 1. The molecule has 1 aromatic rings. The van der Waals surface area contributed by atoms with Crippen molar-refractivity contribution in [1.29, 1.82) is 0 Å². The standard InChI is InChI=1S/C8H10S2/c1-2-10-8-5-3-4-7(9)6-8/h3-6,9H,2H2,1H3. The Bertz CT molecular complexity index is 208. The number of hydrogen-bond acceptors (Lipinski definition) is 2. The van der Waals surface area contributed by atoms with Gasteiger partial charge < -0.3 is 0 Å². The first kappa shape index (κ1) is 8.02. The normalized spacial score (nSPS) is 9.80. The van der Waals surface area contributed by atoms with E-state index >= 15 is 0 Å². The van der Waals surface area contributed by atoms with Crippen molar-refractivity contribution in [2.45, 2.75) is 16.7 Å². The van der Waals surface area contributed by atoms with Crippen LogP contribution >= 0.6 is 24.4 Å². The van der Waals surface area contributed by atoms with Crippen molar-refractivity contribution in [1.82, 2.24) is 0 Å². The van der Waals surface area contributed by atoms with Gasteiger partial charge in [0.05, 0.1) is 0 Å². The lowest BCUT2D eigenvalue weighted by molar-refractivity contribution is 1.33. The second-order valence-corrected chi connectivity index (χ2v) is 3.78. The fourth-order valence-electron chi connectivity index (χ4n) is 0.740. The molecule has 0 fully saturated rings. The molecule has 0 saturated carbocycles. The molecule has 0 aliphatic heterocycles. The highest BCUT2D eigenvalue weighted by molar-refractivity contribution is 7.99. The van der Waals surface area contributed by atoms with E-state index in [0.29, 0.717) is 0 Å². The number of thioether (sulfide) groups is 1. The fourth-order valence-corrected chi connectivity index (χ4v) is 1.77. The summed E-state index contributed by atoms with van der Waals surface area (Å²) in [6.45, 7) is 2.15. The number of rotatable bonds is 2. The summed E-state index contributed by atoms with van der Waals surface area (Å²) in [5, 5.41) is 0. The van der Waals surface area contributed by atoms with Gasteiger partial charge in [-0.05, 0) is 24.0 Å². The van der Waals surface area contributed by atoms with Crippen LogP contribution in [0.15, 0.2) is 34.1 Å². The quantitative estimate of drug-likeness (QED) is 0.525. The first-order valence-corrected chi connectivity index (χ1v) is 4.68. The molecule has 0 aliphatic rings. The van der Waals surface area contributed by atoms with Crippen molar-refractivity contribution in [3.05, 3.63) is 24.3 Å². The van der Waals surface area contributed by atoms with Crippen molar-refractivity contribution >= 4 is 24.4 Å². The van der Waals surface area contributed by atoms with Crippen molar-refractivity contribution in [2.75, 3.05) is 5.75 Å². The van der Waals surface area contributed by atoms with Crippen LogP contribution in [0.4, 0.5) is 0 Å². The summed E-state index contributed by atoms with van der Waals surface area (Å²) in [6.07, 6.45) is 0. The molecule has 1 rings (SSSR count). The summed E-state index contributed by atoms with van der Waals surface area (Å²) in [5.41, 5.74) is 0. The Morgan fingerprint density at radius 2 is 2.30 bits per heavy atom. The Morgan fingerprint density at radius 3 is 2.90 bits per heavy atom. The van der Waals surface area contributed by atoms with Gasteiger partial charge in [0, 0.05) is 9.79 Å². The zero-order valence-electron chi connectivity index (χ0n) is 5.87. The lowest BCUT2D eigenvalue weighted by Gasteiger charge is -1.97. The SMILES string of the molecule is CCSc1cccc(S)c1. The molecule has 0 unspecified atom stereocenters. The van der Waals surface area contributed by atoms with Gasteiger partial charge in [0.2, 0.25) is 0 Å². The van der Waals surface area contributed by atoms with Crippen LogP contribution in [0.25, 0.3) is 0 Å². The highest BCUT2D eigenvalue weighted by Gasteiger charge is 1.89. The molecule has 0 radical (unpaired) electrons. The van der Waals surface area contributed by atoms with Gasteiger partial charge in [-0.15, -0.1) is 24.4 Å². The fraction of sp³-hybridized carbons (Fsp3) is 0.250. The molecule has 10 heavy (non-hydrogen) atoms. The largest absolute Gasteiger partial charge is 0.143 e. The molecule has 0 amide bonds. The van der Waals surface area contributed by atoms with Crippen LogP contribution in [0.1, 0.15) is 6.92 Å². The average Bonchev–Trinajstić information content (AvgIpc) is 1.88. The molecule has 0 spiro atoms. The van der Waals surface area contributed by atoms with Gasteiger partial charge in [0.25, 0.3) is 0 Å². The first-order valence-electron chi connectivity index (χ1n) is 3.24. The Hall–Kier alpha value is -0.0800. The van der Waals surface area contributed by atoms with Gasteiger partial charge in [-0.1, -0.05) is 13.0 Å². The van der Waals surface area contributed by atoms with Gasteiger partial charge >= 0.3 is 0 Å². The predicted octanol–water partition coefficient (Wildman–Crippen LogP) is 3.09. The molecule has 0 heterocycles. The van der Waals surface area contributed by atoms with Gasteiger partial charge in [-0.25, -0.2) is 0 Å². The van der Waals surface area contributed by atoms with E-state index in [1.165, 1.54) is 4.90 Å². The van der Waals surface area contributed by atoms with Gasteiger partial charge in [-0.3, -0.25) is 0 Å². The van der Waals surface area contributed by atoms with Gasteiger partial charge in [0.15, 0.2) is 0 Å². The molecular formula is C8H10S2. The third kappa shape index (κ3) is 2.27. The van der Waals surface area contributed by atoms with Crippen molar-refractivity contribution in [3.8, 4) is 0 Å². The lowest BCUT2D eigenvalue weighted by atomic mass is 10.4. The molecule has 54 valence electrons. The van der Waals surface area contributed by atoms with Crippen LogP contribution in [0.2, 0.25) is 0 Å². The van der Waals surface area contributed by atoms with E-state index in [4.69, 9.17) is 0 Å². The van der Waals surface area contributed by atoms with Crippen LogP contribution in [0, 0.1) is 0 Å². The molecule has 1 aromatic carbocycles. The zero-order valence-corrected chi connectivity index (χ0v) is 7.58. The van der Waals surface area contributed by atoms with Crippen LogP contribution in [-0.4, -0.2) is 5.75 Å². The molecule has 0 saturated heterocycles. The maximum atomic E-state index is 4.23. The second kappa shape index (κ2) is 3.94. The molecule has 0 bridgehead atoms. The van der Waals surface area contributed by atoms with Gasteiger partial charge in [-0.2, -0.15) is 0 Å². The van der Waals surface area contributed by atoms with Crippen LogP contribution in [0.3, 0.4) is 0 Å². The highest BCUT2D eigenvalue weighted by atomic mass is 32.2. The van der Waals surface area contributed by atoms with Crippen LogP contribution in [-0.2, 0) is 0 Å². The molecular weight excluding hydrogens is 160 g/mol. The molecule has 0 N–H and O–H groups in total. The Labute approximate surface area is 71.4 Å². The topological polar surface area (TPSA) is 0 Å². The van der Waals surface area contributed by atoms with Crippen LogP contribution < -0.4 is 0 Å². The minimum atomic E-state index is 1.04. The monoisotopic (exact) mass is 170 g/mol. The maximum absolute atomic E-state index is 4.23. The summed E-state index contributed by atoms with van der Waals surface area (Å²) in [7, 11) is 0.